The van der Waals surface area contributed by atoms with E-state index < -0.39 is 5.97 Å². The first-order valence-corrected chi connectivity index (χ1v) is 6.59. The van der Waals surface area contributed by atoms with Gasteiger partial charge in [-0.25, -0.2) is 0 Å². The Morgan fingerprint density at radius 2 is 2.29 bits per heavy atom. The Balaban J connectivity index is 1.86. The van der Waals surface area contributed by atoms with Crippen LogP contribution in [0.25, 0.3) is 0 Å². The number of carbonyl (C=O) groups is 1. The third kappa shape index (κ3) is 2.80. The molecule has 0 radical (unpaired) electrons. The van der Waals surface area contributed by atoms with Crippen LogP contribution >= 0.6 is 0 Å². The van der Waals surface area contributed by atoms with Gasteiger partial charge in [0, 0.05) is 19.2 Å². The highest BCUT2D eigenvalue weighted by atomic mass is 16.5. The SMILES string of the molecule is CC(CN(C)C1CCOC2(CCC2)C1)C(=O)O. The fourth-order valence-corrected chi connectivity index (χ4v) is 2.96. The number of hydrogen-bond acceptors (Lipinski definition) is 3. The maximum Gasteiger partial charge on any atom is 0.307 e. The van der Waals surface area contributed by atoms with Crippen LogP contribution in [-0.2, 0) is 9.53 Å². The summed E-state index contributed by atoms with van der Waals surface area (Å²) in [5.41, 5.74) is 0.142. The van der Waals surface area contributed by atoms with Crippen molar-refractivity contribution >= 4 is 5.97 Å². The van der Waals surface area contributed by atoms with Gasteiger partial charge in [-0.15, -0.1) is 0 Å². The summed E-state index contributed by atoms with van der Waals surface area (Å²) < 4.78 is 5.89. The summed E-state index contributed by atoms with van der Waals surface area (Å²) in [6, 6.07) is 0.492. The van der Waals surface area contributed by atoms with E-state index in [2.05, 4.69) is 4.90 Å². The molecule has 1 spiro atoms. The molecule has 4 heteroatoms. The lowest BCUT2D eigenvalue weighted by Gasteiger charge is -2.49. The molecule has 4 nitrogen and oxygen atoms in total. The van der Waals surface area contributed by atoms with Gasteiger partial charge < -0.3 is 14.7 Å². The van der Waals surface area contributed by atoms with Crippen LogP contribution < -0.4 is 0 Å². The average Bonchev–Trinajstić information content (AvgIpc) is 2.27. The predicted molar refractivity (Wildman–Crippen MR) is 65.0 cm³/mol. The van der Waals surface area contributed by atoms with Crippen molar-refractivity contribution in [2.24, 2.45) is 5.92 Å². The maximum absolute atomic E-state index is 10.9. The molecule has 98 valence electrons. The van der Waals surface area contributed by atoms with E-state index in [1.165, 1.54) is 19.3 Å². The molecule has 1 heterocycles. The van der Waals surface area contributed by atoms with Crippen molar-refractivity contribution in [2.45, 2.75) is 50.7 Å². The van der Waals surface area contributed by atoms with Gasteiger partial charge in [0.1, 0.15) is 0 Å². The third-order valence-corrected chi connectivity index (χ3v) is 4.34. The maximum atomic E-state index is 10.9. The molecule has 2 aliphatic rings. The van der Waals surface area contributed by atoms with Crippen molar-refractivity contribution in [3.8, 4) is 0 Å². The fourth-order valence-electron chi connectivity index (χ4n) is 2.96. The van der Waals surface area contributed by atoms with Gasteiger partial charge in [-0.1, -0.05) is 6.92 Å². The first-order valence-electron chi connectivity index (χ1n) is 6.59. The molecule has 1 saturated carbocycles. The lowest BCUT2D eigenvalue weighted by molar-refractivity contribution is -0.150. The Labute approximate surface area is 103 Å². The number of rotatable bonds is 4. The van der Waals surface area contributed by atoms with Crippen molar-refractivity contribution in [1.82, 2.24) is 4.90 Å². The molecular weight excluding hydrogens is 218 g/mol. The summed E-state index contributed by atoms with van der Waals surface area (Å²) in [7, 11) is 2.04. The number of hydrogen-bond donors (Lipinski definition) is 1. The molecular formula is C13H23NO3. The standard InChI is InChI=1S/C13H23NO3/c1-10(12(15)16)9-14(2)11-4-7-17-13(8-11)5-3-6-13/h10-11H,3-9H2,1-2H3,(H,15,16). The van der Waals surface area contributed by atoms with Crippen LogP contribution in [0.4, 0.5) is 0 Å². The Morgan fingerprint density at radius 1 is 1.59 bits per heavy atom. The second-order valence-corrected chi connectivity index (χ2v) is 5.71. The van der Waals surface area contributed by atoms with Gasteiger partial charge in [-0.3, -0.25) is 4.79 Å². The van der Waals surface area contributed by atoms with Crippen LogP contribution in [0.2, 0.25) is 0 Å². The largest absolute Gasteiger partial charge is 0.481 e. The molecule has 0 aromatic carbocycles. The van der Waals surface area contributed by atoms with E-state index in [-0.39, 0.29) is 11.5 Å². The zero-order chi connectivity index (χ0) is 12.5. The Kier molecular flexibility index (Phi) is 3.73. The van der Waals surface area contributed by atoms with Crippen LogP contribution in [0.5, 0.6) is 0 Å². The second kappa shape index (κ2) is 4.94. The third-order valence-electron chi connectivity index (χ3n) is 4.34. The zero-order valence-corrected chi connectivity index (χ0v) is 10.8. The highest BCUT2D eigenvalue weighted by Gasteiger charge is 2.43. The molecule has 2 unspecified atom stereocenters. The molecule has 1 aliphatic heterocycles. The normalized spacial score (nSPS) is 29.0. The van der Waals surface area contributed by atoms with Gasteiger partial charge in [0.05, 0.1) is 11.5 Å². The molecule has 1 aliphatic carbocycles. The zero-order valence-electron chi connectivity index (χ0n) is 10.8. The molecule has 1 N–H and O–H groups in total. The van der Waals surface area contributed by atoms with Crippen molar-refractivity contribution < 1.29 is 14.6 Å². The second-order valence-electron chi connectivity index (χ2n) is 5.71. The molecule has 0 bridgehead atoms. The highest BCUT2D eigenvalue weighted by Crippen LogP contribution is 2.43. The monoisotopic (exact) mass is 241 g/mol. The Morgan fingerprint density at radius 3 is 2.82 bits per heavy atom. The van der Waals surface area contributed by atoms with Gasteiger partial charge >= 0.3 is 5.97 Å². The minimum absolute atomic E-state index is 0.142. The summed E-state index contributed by atoms with van der Waals surface area (Å²) in [5.74, 6) is -0.998. The van der Waals surface area contributed by atoms with E-state index in [1.54, 1.807) is 6.92 Å². The number of nitrogens with zero attached hydrogens (tertiary/aromatic N) is 1. The quantitative estimate of drug-likeness (QED) is 0.814. The van der Waals surface area contributed by atoms with Crippen LogP contribution in [0.15, 0.2) is 0 Å². The lowest BCUT2D eigenvalue weighted by atomic mass is 9.73. The van der Waals surface area contributed by atoms with E-state index in [9.17, 15) is 4.79 Å². The highest BCUT2D eigenvalue weighted by molar-refractivity contribution is 5.69. The van der Waals surface area contributed by atoms with E-state index in [1.807, 2.05) is 7.05 Å². The van der Waals surface area contributed by atoms with Crippen LogP contribution in [0.3, 0.4) is 0 Å². The average molecular weight is 241 g/mol. The summed E-state index contributed by atoms with van der Waals surface area (Å²) in [5, 5.41) is 8.94. The van der Waals surface area contributed by atoms with Gasteiger partial charge in [-0.05, 0) is 39.2 Å². The fraction of sp³-hybridized carbons (Fsp3) is 0.923. The van der Waals surface area contributed by atoms with Crippen molar-refractivity contribution in [2.75, 3.05) is 20.2 Å². The Bertz CT molecular complexity index is 288. The van der Waals surface area contributed by atoms with E-state index >= 15 is 0 Å². The van der Waals surface area contributed by atoms with Gasteiger partial charge in [0.15, 0.2) is 0 Å². The Hall–Kier alpha value is -0.610. The van der Waals surface area contributed by atoms with E-state index in [0.29, 0.717) is 12.6 Å². The summed E-state index contributed by atoms with van der Waals surface area (Å²) in [6.45, 7) is 3.24. The molecule has 2 atom stereocenters. The van der Waals surface area contributed by atoms with Gasteiger partial charge in [0.25, 0.3) is 0 Å². The first-order chi connectivity index (χ1) is 8.02. The first kappa shape index (κ1) is 12.8. The van der Waals surface area contributed by atoms with Crippen LogP contribution in [0.1, 0.15) is 39.0 Å². The molecule has 0 aromatic rings. The molecule has 0 aromatic heterocycles. The van der Waals surface area contributed by atoms with Crippen LogP contribution in [0, 0.1) is 5.92 Å². The van der Waals surface area contributed by atoms with E-state index in [4.69, 9.17) is 9.84 Å². The minimum atomic E-state index is -0.706. The summed E-state index contributed by atoms with van der Waals surface area (Å²) in [4.78, 5) is 13.1. The number of aliphatic carboxylic acids is 1. The van der Waals surface area contributed by atoms with Crippen molar-refractivity contribution in [3.63, 3.8) is 0 Å². The topological polar surface area (TPSA) is 49.8 Å². The van der Waals surface area contributed by atoms with Gasteiger partial charge in [-0.2, -0.15) is 0 Å². The van der Waals surface area contributed by atoms with E-state index in [0.717, 1.165) is 19.4 Å². The number of ether oxygens (including phenoxy) is 1. The number of carboxylic acids is 1. The van der Waals surface area contributed by atoms with Gasteiger partial charge in [0.2, 0.25) is 0 Å². The summed E-state index contributed by atoms with van der Waals surface area (Å²) in [6.07, 6.45) is 5.76. The molecule has 1 saturated heterocycles. The summed E-state index contributed by atoms with van der Waals surface area (Å²) >= 11 is 0. The molecule has 17 heavy (non-hydrogen) atoms. The lowest BCUT2D eigenvalue weighted by Crippen LogP contribution is -2.52. The number of carboxylic acid groups (broad SMARTS) is 1. The molecule has 2 fully saturated rings. The smallest absolute Gasteiger partial charge is 0.307 e. The minimum Gasteiger partial charge on any atom is -0.481 e. The van der Waals surface area contributed by atoms with Crippen LogP contribution in [-0.4, -0.2) is 47.8 Å². The predicted octanol–water partition coefficient (Wildman–Crippen LogP) is 1.74. The molecule has 2 rings (SSSR count). The molecule has 0 amide bonds. The van der Waals surface area contributed by atoms with Crippen molar-refractivity contribution in [1.29, 1.82) is 0 Å². The van der Waals surface area contributed by atoms with Crippen molar-refractivity contribution in [3.05, 3.63) is 0 Å².